The molecule has 0 spiro atoms. The zero-order valence-electron chi connectivity index (χ0n) is 17.6. The lowest BCUT2D eigenvalue weighted by molar-refractivity contribution is -0.134. The Balaban J connectivity index is 1.06. The Morgan fingerprint density at radius 3 is 2.32 bits per heavy atom. The number of hydrogen-bond acceptors (Lipinski definition) is 6. The number of hydrogen-bond donors (Lipinski definition) is 0. The summed E-state index contributed by atoms with van der Waals surface area (Å²) in [6.07, 6.45) is 0.675. The van der Waals surface area contributed by atoms with Crippen molar-refractivity contribution in [3.63, 3.8) is 0 Å². The molecule has 3 heterocycles. The number of likely N-dealkylation sites (tertiary alicyclic amines) is 1. The fourth-order valence-corrected chi connectivity index (χ4v) is 4.28. The van der Waals surface area contributed by atoms with Gasteiger partial charge in [0.25, 0.3) is 0 Å². The number of carbonyl (C=O) groups is 1. The van der Waals surface area contributed by atoms with Gasteiger partial charge in [-0.1, -0.05) is 53.7 Å². The van der Waals surface area contributed by atoms with Crippen LogP contribution in [0.25, 0.3) is 0 Å². The van der Waals surface area contributed by atoms with Crippen LogP contribution in [0.5, 0.6) is 0 Å². The van der Waals surface area contributed by atoms with Crippen molar-refractivity contribution in [3.8, 4) is 0 Å². The smallest absolute Gasteiger partial charge is 0.236 e. The van der Waals surface area contributed by atoms with Crippen LogP contribution < -0.4 is 4.90 Å². The first-order valence-electron chi connectivity index (χ1n) is 10.9. The van der Waals surface area contributed by atoms with Gasteiger partial charge >= 0.3 is 0 Å². The highest BCUT2D eigenvalue weighted by Crippen LogP contribution is 2.26. The summed E-state index contributed by atoms with van der Waals surface area (Å²) in [7, 11) is 0. The number of rotatable bonds is 6. The van der Waals surface area contributed by atoms with Gasteiger partial charge in [0.05, 0.1) is 12.5 Å². The Bertz CT molecular complexity index is 993. The maximum absolute atomic E-state index is 12.7. The van der Waals surface area contributed by atoms with Crippen LogP contribution in [0.4, 0.5) is 5.69 Å². The van der Waals surface area contributed by atoms with Gasteiger partial charge in [0.1, 0.15) is 0 Å². The third-order valence-corrected chi connectivity index (χ3v) is 6.11. The van der Waals surface area contributed by atoms with Crippen molar-refractivity contribution in [2.24, 2.45) is 0 Å². The molecule has 2 aliphatic rings. The molecular weight excluding hydrogens is 390 g/mol. The largest absolute Gasteiger partial charge is 0.368 e. The molecule has 0 saturated carbocycles. The van der Waals surface area contributed by atoms with Crippen LogP contribution >= 0.6 is 0 Å². The van der Waals surface area contributed by atoms with Crippen molar-refractivity contribution in [2.45, 2.75) is 12.3 Å². The van der Waals surface area contributed by atoms with Gasteiger partial charge in [0, 0.05) is 51.4 Å². The third-order valence-electron chi connectivity index (χ3n) is 6.11. The first kappa shape index (κ1) is 19.8. The second-order valence-electron chi connectivity index (χ2n) is 8.31. The van der Waals surface area contributed by atoms with Crippen LogP contribution in [0.1, 0.15) is 23.2 Å². The molecule has 5 rings (SSSR count). The summed E-state index contributed by atoms with van der Waals surface area (Å²) in [6, 6.07) is 20.5. The zero-order chi connectivity index (χ0) is 21.0. The molecule has 1 aromatic heterocycles. The van der Waals surface area contributed by atoms with Gasteiger partial charge < -0.3 is 14.3 Å². The van der Waals surface area contributed by atoms with E-state index in [2.05, 4.69) is 56.3 Å². The number of para-hydroxylation sites is 1. The Hall–Kier alpha value is -3.19. The van der Waals surface area contributed by atoms with Crippen LogP contribution in [0.15, 0.2) is 65.2 Å². The van der Waals surface area contributed by atoms with Gasteiger partial charge in [0.15, 0.2) is 5.82 Å². The fraction of sp³-hybridized carbons (Fsp3) is 0.375. The molecule has 1 amide bonds. The number of carbonyl (C=O) groups excluding carboxylic acids is 1. The summed E-state index contributed by atoms with van der Waals surface area (Å²) in [5.41, 5.74) is 2.40. The molecule has 2 aliphatic heterocycles. The van der Waals surface area contributed by atoms with Crippen LogP contribution in [-0.4, -0.2) is 71.7 Å². The molecule has 0 unspecified atom stereocenters. The van der Waals surface area contributed by atoms with E-state index in [0.29, 0.717) is 24.7 Å². The summed E-state index contributed by atoms with van der Waals surface area (Å²) in [5.74, 6) is 1.83. The summed E-state index contributed by atoms with van der Waals surface area (Å²) in [4.78, 5) is 23.8. The van der Waals surface area contributed by atoms with E-state index in [1.807, 2.05) is 29.2 Å². The summed E-state index contributed by atoms with van der Waals surface area (Å²) < 4.78 is 5.48. The van der Waals surface area contributed by atoms with E-state index in [1.54, 1.807) is 0 Å². The van der Waals surface area contributed by atoms with Gasteiger partial charge in [-0.3, -0.25) is 9.69 Å². The molecule has 0 bridgehead atoms. The summed E-state index contributed by atoms with van der Waals surface area (Å²) in [6.45, 7) is 5.36. The van der Waals surface area contributed by atoms with E-state index in [1.165, 1.54) is 11.3 Å². The molecule has 7 heteroatoms. The normalized spacial score (nSPS) is 17.5. The van der Waals surface area contributed by atoms with Crippen LogP contribution in [0.3, 0.4) is 0 Å². The lowest BCUT2D eigenvalue weighted by Gasteiger charge is -2.40. The van der Waals surface area contributed by atoms with E-state index in [4.69, 9.17) is 4.52 Å². The minimum Gasteiger partial charge on any atom is -0.368 e. The molecule has 2 aromatic carbocycles. The minimum atomic E-state index is 0.210. The number of amides is 1. The molecule has 0 atom stereocenters. The van der Waals surface area contributed by atoms with Crippen molar-refractivity contribution >= 4 is 11.6 Å². The molecule has 31 heavy (non-hydrogen) atoms. The second-order valence-corrected chi connectivity index (χ2v) is 8.31. The van der Waals surface area contributed by atoms with Gasteiger partial charge in [-0.2, -0.15) is 4.98 Å². The Labute approximate surface area is 182 Å². The highest BCUT2D eigenvalue weighted by molar-refractivity contribution is 5.78. The number of piperazine rings is 1. The monoisotopic (exact) mass is 417 g/mol. The molecule has 2 saturated heterocycles. The van der Waals surface area contributed by atoms with Gasteiger partial charge in [0.2, 0.25) is 11.8 Å². The second kappa shape index (κ2) is 8.89. The van der Waals surface area contributed by atoms with Crippen molar-refractivity contribution in [2.75, 3.05) is 50.7 Å². The summed E-state index contributed by atoms with van der Waals surface area (Å²) >= 11 is 0. The minimum absolute atomic E-state index is 0.210. The molecule has 0 radical (unpaired) electrons. The Morgan fingerprint density at radius 2 is 1.61 bits per heavy atom. The topological polar surface area (TPSA) is 65.7 Å². The fourth-order valence-electron chi connectivity index (χ4n) is 4.28. The van der Waals surface area contributed by atoms with Crippen molar-refractivity contribution in [3.05, 3.63) is 77.9 Å². The molecule has 2 fully saturated rings. The molecule has 0 aliphatic carbocycles. The number of benzene rings is 2. The highest BCUT2D eigenvalue weighted by atomic mass is 16.5. The summed E-state index contributed by atoms with van der Waals surface area (Å²) in [5, 5.41) is 4.12. The zero-order valence-corrected chi connectivity index (χ0v) is 17.6. The van der Waals surface area contributed by atoms with Crippen LogP contribution in [0, 0.1) is 0 Å². The first-order valence-corrected chi connectivity index (χ1v) is 10.9. The quantitative estimate of drug-likeness (QED) is 0.614. The lowest BCUT2D eigenvalue weighted by Crippen LogP contribution is -2.54. The maximum atomic E-state index is 12.7. The van der Waals surface area contributed by atoms with Gasteiger partial charge in [-0.05, 0) is 17.7 Å². The van der Waals surface area contributed by atoms with Crippen molar-refractivity contribution < 1.29 is 9.32 Å². The van der Waals surface area contributed by atoms with Crippen molar-refractivity contribution in [1.29, 1.82) is 0 Å². The predicted molar refractivity (Wildman–Crippen MR) is 118 cm³/mol. The molecule has 0 N–H and O–H groups in total. The first-order chi connectivity index (χ1) is 15.2. The van der Waals surface area contributed by atoms with Crippen LogP contribution in [0.2, 0.25) is 0 Å². The average Bonchev–Trinajstić information content (AvgIpc) is 3.25. The van der Waals surface area contributed by atoms with Crippen molar-refractivity contribution in [1.82, 2.24) is 19.9 Å². The average molecular weight is 418 g/mol. The van der Waals surface area contributed by atoms with E-state index < -0.39 is 0 Å². The van der Waals surface area contributed by atoms with Gasteiger partial charge in [-0.15, -0.1) is 0 Å². The molecular formula is C24H27N5O2. The Morgan fingerprint density at radius 1 is 0.935 bits per heavy atom. The third kappa shape index (κ3) is 4.61. The van der Waals surface area contributed by atoms with E-state index in [0.717, 1.165) is 39.3 Å². The SMILES string of the molecule is O=C(CN1CC(c2nc(Cc3ccccc3)no2)C1)N1CCN(c2ccccc2)CC1. The van der Waals surface area contributed by atoms with E-state index >= 15 is 0 Å². The maximum Gasteiger partial charge on any atom is 0.236 e. The molecule has 3 aromatic rings. The van der Waals surface area contributed by atoms with E-state index in [-0.39, 0.29) is 11.8 Å². The molecule has 160 valence electrons. The van der Waals surface area contributed by atoms with Gasteiger partial charge in [-0.25, -0.2) is 0 Å². The van der Waals surface area contributed by atoms with Crippen LogP contribution in [-0.2, 0) is 11.2 Å². The lowest BCUT2D eigenvalue weighted by atomic mass is 10.00. The molecule has 7 nitrogen and oxygen atoms in total. The highest BCUT2D eigenvalue weighted by Gasteiger charge is 2.34. The predicted octanol–water partition coefficient (Wildman–Crippen LogP) is 2.41. The number of aromatic nitrogens is 2. The standard InChI is InChI=1S/C24H27N5O2/c30-23(29-13-11-28(12-14-29)21-9-5-2-6-10-21)18-27-16-20(17-27)24-25-22(26-31-24)15-19-7-3-1-4-8-19/h1-10,20H,11-18H2. The Kier molecular flexibility index (Phi) is 5.67. The number of nitrogens with zero attached hydrogens (tertiary/aromatic N) is 5. The number of anilines is 1. The van der Waals surface area contributed by atoms with E-state index in [9.17, 15) is 4.79 Å².